The Kier molecular flexibility index (Phi) is 4.83. The van der Waals surface area contributed by atoms with Crippen LogP contribution >= 0.6 is 16.1 Å². The molecule has 0 bridgehead atoms. The van der Waals surface area contributed by atoms with E-state index in [1.165, 1.54) is 19.3 Å². The monoisotopic (exact) mass is 137 g/mol. The van der Waals surface area contributed by atoms with E-state index in [2.05, 4.69) is 20.9 Å². The minimum absolute atomic E-state index is 1.50. The average molecular weight is 138 g/mol. The minimum Gasteiger partial charge on any atom is -0.270 e. The molecule has 0 spiro atoms. The molecule has 2 N–H and O–H groups in total. The van der Waals surface area contributed by atoms with Crippen LogP contribution in [-0.4, -0.2) is 0 Å². The molecule has 1 aliphatic carbocycles. The van der Waals surface area contributed by atoms with Crippen molar-refractivity contribution >= 4 is 16.1 Å². The van der Waals surface area contributed by atoms with E-state index < -0.39 is 0 Å². The van der Waals surface area contributed by atoms with Gasteiger partial charge in [-0.1, -0.05) is 19.3 Å². The summed E-state index contributed by atoms with van der Waals surface area (Å²) in [7, 11) is 0. The van der Waals surface area contributed by atoms with Crippen LogP contribution in [0.4, 0.5) is 0 Å². The first-order valence-electron chi connectivity index (χ1n) is 1.72. The van der Waals surface area contributed by atoms with E-state index in [4.69, 9.17) is 0 Å². The van der Waals surface area contributed by atoms with E-state index in [-0.39, 0.29) is 0 Å². The zero-order chi connectivity index (χ0) is 4.12. The first kappa shape index (κ1) is 5.44. The Balaban J connectivity index is 0.0000000733. The van der Waals surface area contributed by atoms with Crippen LogP contribution in [0, 0.1) is 0 Å². The van der Waals surface area contributed by atoms with Crippen LogP contribution in [-0.2, 0) is 0 Å². The second-order valence-electron chi connectivity index (χ2n) is 1.06. The number of halogens is 1. The SMILES string of the molecule is C1CC1.NBr. The van der Waals surface area contributed by atoms with Crippen molar-refractivity contribution in [2.45, 2.75) is 19.3 Å². The summed E-state index contributed by atoms with van der Waals surface area (Å²) in [5, 5.41) is 0. The third-order valence-corrected chi connectivity index (χ3v) is 0.354. The maximum Gasteiger partial charge on any atom is 0.00554 e. The summed E-state index contributed by atoms with van der Waals surface area (Å²) in [5.74, 6) is 0. The average Bonchev–Trinajstić information content (AvgIpc) is 2.19. The highest BCUT2D eigenvalue weighted by Gasteiger charge is 1.95. The van der Waals surface area contributed by atoms with Gasteiger partial charge in [-0.3, -0.25) is 4.76 Å². The molecule has 1 rings (SSSR count). The highest BCUT2D eigenvalue weighted by atomic mass is 79.9. The van der Waals surface area contributed by atoms with Crippen LogP contribution < -0.4 is 4.76 Å². The van der Waals surface area contributed by atoms with Crippen LogP contribution in [0.1, 0.15) is 19.3 Å². The van der Waals surface area contributed by atoms with E-state index in [1.54, 1.807) is 0 Å². The fraction of sp³-hybridized carbons (Fsp3) is 1.00. The van der Waals surface area contributed by atoms with Gasteiger partial charge in [0.1, 0.15) is 0 Å². The zero-order valence-electron chi connectivity index (χ0n) is 3.08. The Morgan fingerprint density at radius 3 is 1.20 bits per heavy atom. The van der Waals surface area contributed by atoms with Gasteiger partial charge in [-0.15, -0.1) is 0 Å². The molecule has 0 aromatic rings. The fourth-order valence-corrected chi connectivity index (χ4v) is 0. The summed E-state index contributed by atoms with van der Waals surface area (Å²) in [6, 6.07) is 0. The lowest BCUT2D eigenvalue weighted by molar-refractivity contribution is 1.50. The summed E-state index contributed by atoms with van der Waals surface area (Å²) in [6.45, 7) is 0. The minimum atomic E-state index is 1.50. The predicted molar refractivity (Wildman–Crippen MR) is 27.0 cm³/mol. The molecule has 0 aromatic carbocycles. The number of nitrogens with two attached hydrogens (primary N) is 1. The molecule has 0 amide bonds. The third kappa shape index (κ3) is 12.7. The first-order valence-corrected chi connectivity index (χ1v) is 2.63. The predicted octanol–water partition coefficient (Wildman–Crippen LogP) is 1.43. The van der Waals surface area contributed by atoms with Crippen molar-refractivity contribution < 1.29 is 0 Å². The normalized spacial score (nSPS) is 15.6. The van der Waals surface area contributed by atoms with Crippen LogP contribution in [0.3, 0.4) is 0 Å². The standard InChI is InChI=1S/C3H6.BrH2N/c1-2-3-1;1-2/h1-3H2;2H2. The lowest BCUT2D eigenvalue weighted by Gasteiger charge is -1.14. The van der Waals surface area contributed by atoms with Crippen molar-refractivity contribution in [3.8, 4) is 0 Å². The Morgan fingerprint density at radius 2 is 1.20 bits per heavy atom. The maximum atomic E-state index is 4.31. The highest BCUT2D eigenvalue weighted by molar-refractivity contribution is 9.07. The van der Waals surface area contributed by atoms with Crippen molar-refractivity contribution in [3.05, 3.63) is 0 Å². The molecule has 0 aliphatic heterocycles. The smallest absolute Gasteiger partial charge is 0.00554 e. The van der Waals surface area contributed by atoms with E-state index in [0.717, 1.165) is 0 Å². The molecule has 0 unspecified atom stereocenters. The van der Waals surface area contributed by atoms with Crippen molar-refractivity contribution in [1.29, 1.82) is 0 Å². The van der Waals surface area contributed by atoms with Crippen LogP contribution in [0.15, 0.2) is 0 Å². The number of hydrogen-bond acceptors (Lipinski definition) is 1. The largest absolute Gasteiger partial charge is 0.270 e. The third-order valence-electron chi connectivity index (χ3n) is 0.354. The molecule has 2 heteroatoms. The molecule has 0 saturated heterocycles. The molecule has 1 aliphatic rings. The van der Waals surface area contributed by atoms with Gasteiger partial charge < -0.3 is 0 Å². The summed E-state index contributed by atoms with van der Waals surface area (Å²) in [4.78, 5) is 0. The van der Waals surface area contributed by atoms with Crippen LogP contribution in [0.5, 0.6) is 0 Å². The zero-order valence-corrected chi connectivity index (χ0v) is 4.66. The van der Waals surface area contributed by atoms with E-state index in [9.17, 15) is 0 Å². The first-order chi connectivity index (χ1) is 2.50. The number of rotatable bonds is 0. The van der Waals surface area contributed by atoms with Gasteiger partial charge in [0.15, 0.2) is 0 Å². The summed E-state index contributed by atoms with van der Waals surface area (Å²) < 4.78 is 4.31. The van der Waals surface area contributed by atoms with Gasteiger partial charge in [0.25, 0.3) is 0 Å². The summed E-state index contributed by atoms with van der Waals surface area (Å²) in [5.41, 5.74) is 0. The molecule has 1 saturated carbocycles. The molecule has 0 atom stereocenters. The van der Waals surface area contributed by atoms with Crippen molar-refractivity contribution in [1.82, 2.24) is 0 Å². The van der Waals surface area contributed by atoms with Gasteiger partial charge in [0.05, 0.1) is 0 Å². The molecule has 1 nitrogen and oxygen atoms in total. The van der Waals surface area contributed by atoms with Gasteiger partial charge in [0.2, 0.25) is 0 Å². The van der Waals surface area contributed by atoms with Gasteiger partial charge in [-0.25, -0.2) is 0 Å². The quantitative estimate of drug-likeness (QED) is 0.503. The van der Waals surface area contributed by atoms with Gasteiger partial charge in [0, 0.05) is 16.1 Å². The molecule has 32 valence electrons. The van der Waals surface area contributed by atoms with Crippen molar-refractivity contribution in [3.63, 3.8) is 0 Å². The molecule has 1 fully saturated rings. The topological polar surface area (TPSA) is 26.0 Å². The highest BCUT2D eigenvalue weighted by Crippen LogP contribution is 2.14. The van der Waals surface area contributed by atoms with Crippen molar-refractivity contribution in [2.75, 3.05) is 0 Å². The Morgan fingerprint density at radius 1 is 1.00 bits per heavy atom. The van der Waals surface area contributed by atoms with E-state index in [0.29, 0.717) is 0 Å². The lowest BCUT2D eigenvalue weighted by atomic mass is 11.0. The molecule has 0 aromatic heterocycles. The second kappa shape index (κ2) is 4.44. The van der Waals surface area contributed by atoms with Gasteiger partial charge >= 0.3 is 0 Å². The molecule has 0 heterocycles. The second-order valence-corrected chi connectivity index (χ2v) is 1.06. The van der Waals surface area contributed by atoms with Gasteiger partial charge in [-0.05, 0) is 0 Å². The molecule has 0 radical (unpaired) electrons. The van der Waals surface area contributed by atoms with E-state index in [1.807, 2.05) is 0 Å². The van der Waals surface area contributed by atoms with Crippen LogP contribution in [0.25, 0.3) is 0 Å². The fourth-order valence-electron chi connectivity index (χ4n) is 0. The van der Waals surface area contributed by atoms with E-state index >= 15 is 0 Å². The Labute approximate surface area is 40.9 Å². The van der Waals surface area contributed by atoms with Gasteiger partial charge in [-0.2, -0.15) is 0 Å². The molecular formula is C3H8BrN. The van der Waals surface area contributed by atoms with Crippen LogP contribution in [0.2, 0.25) is 0 Å². The summed E-state index contributed by atoms with van der Waals surface area (Å²) in [6.07, 6.45) is 4.50. The number of hydrogen-bond donors (Lipinski definition) is 1. The van der Waals surface area contributed by atoms with Crippen molar-refractivity contribution in [2.24, 2.45) is 4.76 Å². The molecular weight excluding hydrogens is 130 g/mol. The maximum absolute atomic E-state index is 4.31. The Bertz CT molecular complexity index is 11.6. The lowest BCUT2D eigenvalue weighted by Crippen LogP contribution is -1.45. The molecule has 5 heavy (non-hydrogen) atoms. The summed E-state index contributed by atoms with van der Waals surface area (Å²) >= 11 is 2.44. The Hall–Kier alpha value is 0.440.